The van der Waals surface area contributed by atoms with Crippen molar-refractivity contribution in [3.05, 3.63) is 77.0 Å². The van der Waals surface area contributed by atoms with E-state index in [2.05, 4.69) is 85.1 Å². The summed E-state index contributed by atoms with van der Waals surface area (Å²) in [7, 11) is 0. The standard InChI is InChI=1S/C24H28N4O/c1-24(2,3)21-14-22-27(15-17-9-5-7-11-20(17)28(22)26-21)23(29)25-19-13-12-16-8-4-6-10-18(16)19/h4-11,14,19,22,26H,12-13,15H2,1-3H3,(H,25,29). The zero-order chi connectivity index (χ0) is 20.2. The van der Waals surface area contributed by atoms with Crippen LogP contribution in [0.4, 0.5) is 10.5 Å². The fourth-order valence-corrected chi connectivity index (χ4v) is 4.59. The van der Waals surface area contributed by atoms with Crippen molar-refractivity contribution < 1.29 is 4.79 Å². The number of carbonyl (C=O) groups excluding carboxylic acids is 1. The Kier molecular flexibility index (Phi) is 4.09. The molecule has 0 radical (unpaired) electrons. The minimum Gasteiger partial charge on any atom is -0.331 e. The number of hydrogen-bond acceptors (Lipinski definition) is 3. The predicted octanol–water partition coefficient (Wildman–Crippen LogP) is 4.48. The molecule has 2 amide bonds. The first-order valence-electron chi connectivity index (χ1n) is 10.4. The van der Waals surface area contributed by atoms with Gasteiger partial charge in [0, 0.05) is 11.1 Å². The van der Waals surface area contributed by atoms with Crippen molar-refractivity contribution in [1.29, 1.82) is 0 Å². The number of para-hydroxylation sites is 1. The van der Waals surface area contributed by atoms with Gasteiger partial charge in [-0.25, -0.2) is 4.79 Å². The maximum absolute atomic E-state index is 13.4. The third kappa shape index (κ3) is 3.05. The monoisotopic (exact) mass is 388 g/mol. The summed E-state index contributed by atoms with van der Waals surface area (Å²) in [5.41, 5.74) is 9.58. The van der Waals surface area contributed by atoms with Crippen LogP contribution in [0.15, 0.2) is 60.3 Å². The number of allylic oxidation sites excluding steroid dienone is 1. The van der Waals surface area contributed by atoms with Gasteiger partial charge in [-0.15, -0.1) is 0 Å². The molecule has 3 aliphatic rings. The first kappa shape index (κ1) is 18.1. The van der Waals surface area contributed by atoms with E-state index in [0.717, 1.165) is 29.8 Å². The van der Waals surface area contributed by atoms with Crippen LogP contribution >= 0.6 is 0 Å². The van der Waals surface area contributed by atoms with Crippen molar-refractivity contribution in [3.63, 3.8) is 0 Å². The number of carbonyl (C=O) groups is 1. The second kappa shape index (κ2) is 6.55. The Morgan fingerprint density at radius 2 is 1.79 bits per heavy atom. The van der Waals surface area contributed by atoms with E-state index in [1.54, 1.807) is 0 Å². The zero-order valence-corrected chi connectivity index (χ0v) is 17.3. The Bertz CT molecular complexity index is 990. The molecule has 2 unspecified atom stereocenters. The van der Waals surface area contributed by atoms with Crippen molar-refractivity contribution in [1.82, 2.24) is 15.6 Å². The summed E-state index contributed by atoms with van der Waals surface area (Å²) in [4.78, 5) is 15.3. The summed E-state index contributed by atoms with van der Waals surface area (Å²) in [5, 5.41) is 5.43. The van der Waals surface area contributed by atoms with Crippen LogP contribution in [0.1, 0.15) is 49.9 Å². The average Bonchev–Trinajstić information content (AvgIpc) is 3.32. The number of nitrogens with one attached hydrogen (secondary N) is 2. The highest BCUT2D eigenvalue weighted by Gasteiger charge is 2.41. The third-order valence-electron chi connectivity index (χ3n) is 6.23. The number of hydrogen-bond donors (Lipinski definition) is 2. The molecule has 0 bridgehead atoms. The Balaban J connectivity index is 1.44. The van der Waals surface area contributed by atoms with Gasteiger partial charge in [0.05, 0.1) is 18.3 Å². The van der Waals surface area contributed by atoms with E-state index in [1.807, 2.05) is 11.0 Å². The Labute approximate surface area is 172 Å². The summed E-state index contributed by atoms with van der Waals surface area (Å²) in [5.74, 6) is 0. The Morgan fingerprint density at radius 1 is 1.07 bits per heavy atom. The Hall–Kier alpha value is -2.95. The molecule has 2 heterocycles. The fraction of sp³-hybridized carbons (Fsp3) is 0.375. The van der Waals surface area contributed by atoms with Crippen LogP contribution in [0, 0.1) is 5.41 Å². The molecule has 29 heavy (non-hydrogen) atoms. The van der Waals surface area contributed by atoms with Crippen LogP contribution in [0.2, 0.25) is 0 Å². The summed E-state index contributed by atoms with van der Waals surface area (Å²) in [6, 6.07) is 16.8. The summed E-state index contributed by atoms with van der Waals surface area (Å²) in [6.07, 6.45) is 4.05. The first-order chi connectivity index (χ1) is 13.9. The van der Waals surface area contributed by atoms with Gasteiger partial charge >= 0.3 is 6.03 Å². The Morgan fingerprint density at radius 3 is 2.59 bits per heavy atom. The largest absolute Gasteiger partial charge is 0.331 e. The molecule has 2 aromatic rings. The number of benzene rings is 2. The van der Waals surface area contributed by atoms with Gasteiger partial charge in [0.1, 0.15) is 6.17 Å². The average molecular weight is 389 g/mol. The minimum atomic E-state index is -0.129. The molecule has 0 aromatic heterocycles. The molecule has 2 aliphatic heterocycles. The SMILES string of the molecule is CC(C)(C)C1=CC2N(C(=O)NC3CCc4ccccc43)Cc3ccccc3N2N1. The smallest absolute Gasteiger partial charge is 0.320 e. The molecule has 150 valence electrons. The quantitative estimate of drug-likeness (QED) is 0.757. The van der Waals surface area contributed by atoms with Crippen LogP contribution in [-0.4, -0.2) is 17.1 Å². The van der Waals surface area contributed by atoms with Crippen molar-refractivity contribution in [2.24, 2.45) is 5.41 Å². The number of rotatable bonds is 1. The number of anilines is 1. The lowest BCUT2D eigenvalue weighted by Gasteiger charge is -2.41. The number of hydrazine groups is 1. The maximum atomic E-state index is 13.4. The van der Waals surface area contributed by atoms with E-state index in [-0.39, 0.29) is 23.7 Å². The van der Waals surface area contributed by atoms with Crippen LogP contribution in [-0.2, 0) is 13.0 Å². The van der Waals surface area contributed by atoms with E-state index in [4.69, 9.17) is 0 Å². The van der Waals surface area contributed by atoms with Crippen LogP contribution < -0.4 is 15.8 Å². The van der Waals surface area contributed by atoms with Crippen molar-refractivity contribution in [3.8, 4) is 0 Å². The maximum Gasteiger partial charge on any atom is 0.320 e. The number of aryl methyl sites for hydroxylation is 1. The summed E-state index contributed by atoms with van der Waals surface area (Å²) < 4.78 is 0. The van der Waals surface area contributed by atoms with Gasteiger partial charge in [-0.1, -0.05) is 63.2 Å². The van der Waals surface area contributed by atoms with Crippen molar-refractivity contribution in [2.45, 2.75) is 52.4 Å². The van der Waals surface area contributed by atoms with Gasteiger partial charge in [0.25, 0.3) is 0 Å². The molecule has 0 fully saturated rings. The molecule has 1 aliphatic carbocycles. The van der Waals surface area contributed by atoms with Gasteiger partial charge in [-0.3, -0.25) is 15.3 Å². The van der Waals surface area contributed by atoms with Gasteiger partial charge in [0.15, 0.2) is 0 Å². The number of amides is 2. The molecule has 0 saturated carbocycles. The normalized spacial score (nSPS) is 22.4. The lowest BCUT2D eigenvalue weighted by Crippen LogP contribution is -2.57. The van der Waals surface area contributed by atoms with Crippen LogP contribution in [0.25, 0.3) is 0 Å². The molecule has 2 aromatic carbocycles. The van der Waals surface area contributed by atoms with E-state index >= 15 is 0 Å². The molecule has 2 atom stereocenters. The first-order valence-corrected chi connectivity index (χ1v) is 10.4. The molecule has 5 rings (SSSR count). The zero-order valence-electron chi connectivity index (χ0n) is 17.3. The van der Waals surface area contributed by atoms with Crippen molar-refractivity contribution >= 4 is 11.7 Å². The second-order valence-corrected chi connectivity index (χ2v) is 9.22. The lowest BCUT2D eigenvalue weighted by atomic mass is 9.92. The molecule has 5 nitrogen and oxygen atoms in total. The van der Waals surface area contributed by atoms with Gasteiger partial charge < -0.3 is 5.32 Å². The molecule has 0 spiro atoms. The van der Waals surface area contributed by atoms with Crippen LogP contribution in [0.3, 0.4) is 0 Å². The van der Waals surface area contributed by atoms with E-state index in [0.29, 0.717) is 6.54 Å². The molecular weight excluding hydrogens is 360 g/mol. The van der Waals surface area contributed by atoms with E-state index in [9.17, 15) is 4.79 Å². The molecule has 2 N–H and O–H groups in total. The molecule has 5 heteroatoms. The topological polar surface area (TPSA) is 47.6 Å². The van der Waals surface area contributed by atoms with Gasteiger partial charge in [0.2, 0.25) is 0 Å². The van der Waals surface area contributed by atoms with Crippen molar-refractivity contribution in [2.75, 3.05) is 5.01 Å². The highest BCUT2D eigenvalue weighted by molar-refractivity contribution is 5.78. The minimum absolute atomic E-state index is 0.00980. The van der Waals surface area contributed by atoms with E-state index in [1.165, 1.54) is 11.1 Å². The second-order valence-electron chi connectivity index (χ2n) is 9.22. The highest BCUT2D eigenvalue weighted by Crippen LogP contribution is 2.38. The summed E-state index contributed by atoms with van der Waals surface area (Å²) >= 11 is 0. The predicted molar refractivity (Wildman–Crippen MR) is 115 cm³/mol. The lowest BCUT2D eigenvalue weighted by molar-refractivity contribution is 0.172. The summed E-state index contributed by atoms with van der Waals surface area (Å²) in [6.45, 7) is 7.18. The molecular formula is C24H28N4O. The van der Waals surface area contributed by atoms with E-state index < -0.39 is 0 Å². The van der Waals surface area contributed by atoms with Crippen LogP contribution in [0.5, 0.6) is 0 Å². The molecule has 0 saturated heterocycles. The number of nitrogens with zero attached hydrogens (tertiary/aromatic N) is 2. The van der Waals surface area contributed by atoms with Gasteiger partial charge in [-0.2, -0.15) is 0 Å². The third-order valence-corrected chi connectivity index (χ3v) is 6.23. The number of urea groups is 1. The van der Waals surface area contributed by atoms with Gasteiger partial charge in [-0.05, 0) is 41.7 Å². The fourth-order valence-electron chi connectivity index (χ4n) is 4.59. The highest BCUT2D eigenvalue weighted by atomic mass is 16.2. The number of fused-ring (bicyclic) bond motifs is 4.